The molecule has 0 fully saturated rings. The quantitative estimate of drug-likeness (QED) is 0.681. The van der Waals surface area contributed by atoms with Gasteiger partial charge in [-0.25, -0.2) is 13.8 Å². The van der Waals surface area contributed by atoms with E-state index in [1.807, 2.05) is 6.92 Å². The molecule has 0 bridgehead atoms. The van der Waals surface area contributed by atoms with Crippen molar-refractivity contribution in [1.82, 2.24) is 9.97 Å². The van der Waals surface area contributed by atoms with Gasteiger partial charge in [-0.1, -0.05) is 11.6 Å². The second-order valence-electron chi connectivity index (χ2n) is 5.10. The molecule has 0 unspecified atom stereocenters. The lowest BCUT2D eigenvalue weighted by Crippen LogP contribution is -2.02. The summed E-state index contributed by atoms with van der Waals surface area (Å²) >= 11 is 5.77. The lowest BCUT2D eigenvalue weighted by atomic mass is 10.3. The number of aryl methyl sites for hydroxylation is 1. The number of anilines is 4. The molecule has 0 spiro atoms. The van der Waals surface area contributed by atoms with Crippen LogP contribution in [-0.4, -0.2) is 9.97 Å². The first-order valence-electron chi connectivity index (χ1n) is 7.10. The van der Waals surface area contributed by atoms with Gasteiger partial charge in [-0.3, -0.25) is 0 Å². The van der Waals surface area contributed by atoms with Crippen molar-refractivity contribution in [2.75, 3.05) is 10.6 Å². The van der Waals surface area contributed by atoms with Gasteiger partial charge < -0.3 is 10.6 Å². The van der Waals surface area contributed by atoms with E-state index in [-0.39, 0.29) is 10.8 Å². The Labute approximate surface area is 142 Å². The molecule has 0 radical (unpaired) electrons. The third kappa shape index (κ3) is 3.97. The van der Waals surface area contributed by atoms with Crippen molar-refractivity contribution in [3.8, 4) is 0 Å². The molecule has 0 amide bonds. The number of benzene rings is 2. The van der Waals surface area contributed by atoms with E-state index in [2.05, 4.69) is 20.6 Å². The van der Waals surface area contributed by atoms with Gasteiger partial charge in [0.15, 0.2) is 0 Å². The Kier molecular flexibility index (Phi) is 4.57. The molecule has 2 N–H and O–H groups in total. The topological polar surface area (TPSA) is 49.8 Å². The summed E-state index contributed by atoms with van der Waals surface area (Å²) in [7, 11) is 0. The Morgan fingerprint density at radius 1 is 0.875 bits per heavy atom. The second kappa shape index (κ2) is 6.80. The monoisotopic (exact) mass is 346 g/mol. The molecular weight excluding hydrogens is 334 g/mol. The Hall–Kier alpha value is -2.73. The first-order valence-corrected chi connectivity index (χ1v) is 7.48. The summed E-state index contributed by atoms with van der Waals surface area (Å²) < 4.78 is 26.2. The Morgan fingerprint density at radius 2 is 1.58 bits per heavy atom. The van der Waals surface area contributed by atoms with E-state index >= 15 is 0 Å². The van der Waals surface area contributed by atoms with Gasteiger partial charge in [0.1, 0.15) is 17.5 Å². The zero-order chi connectivity index (χ0) is 17.1. The van der Waals surface area contributed by atoms with E-state index in [4.69, 9.17) is 11.6 Å². The number of aromatic nitrogens is 2. The van der Waals surface area contributed by atoms with Gasteiger partial charge in [0.25, 0.3) is 0 Å². The van der Waals surface area contributed by atoms with Gasteiger partial charge in [0.2, 0.25) is 5.95 Å². The van der Waals surface area contributed by atoms with Gasteiger partial charge in [-0.05, 0) is 49.4 Å². The van der Waals surface area contributed by atoms with Crippen LogP contribution >= 0.6 is 11.6 Å². The van der Waals surface area contributed by atoms with Crippen LogP contribution in [0.25, 0.3) is 0 Å². The van der Waals surface area contributed by atoms with Crippen LogP contribution in [0.15, 0.2) is 48.5 Å². The summed E-state index contributed by atoms with van der Waals surface area (Å²) in [4.78, 5) is 8.62. The minimum absolute atomic E-state index is 0.0236. The fourth-order valence-electron chi connectivity index (χ4n) is 2.07. The standard InChI is InChI=1S/C17H13ClF2N4/c1-10-8-16(22-13-6-7-15(20)14(18)9-13)24-17(21-10)23-12-4-2-11(19)3-5-12/h2-9H,1H3,(H2,21,22,23,24). The van der Waals surface area contributed by atoms with E-state index in [0.29, 0.717) is 23.1 Å². The summed E-state index contributed by atoms with van der Waals surface area (Å²) in [6, 6.07) is 11.9. The summed E-state index contributed by atoms with van der Waals surface area (Å²) in [6.07, 6.45) is 0. The van der Waals surface area contributed by atoms with Gasteiger partial charge in [0.05, 0.1) is 5.02 Å². The van der Waals surface area contributed by atoms with E-state index in [1.165, 1.54) is 24.3 Å². The first-order chi connectivity index (χ1) is 11.5. The summed E-state index contributed by atoms with van der Waals surface area (Å²) in [5, 5.41) is 6.07. The molecule has 0 aliphatic rings. The predicted octanol–water partition coefficient (Wildman–Crippen LogP) is 5.20. The molecule has 24 heavy (non-hydrogen) atoms. The highest BCUT2D eigenvalue weighted by atomic mass is 35.5. The van der Waals surface area contributed by atoms with Crippen LogP contribution in [0.5, 0.6) is 0 Å². The molecule has 3 rings (SSSR count). The van der Waals surface area contributed by atoms with Gasteiger partial charge in [-0.2, -0.15) is 4.98 Å². The van der Waals surface area contributed by atoms with Crippen LogP contribution in [0, 0.1) is 18.6 Å². The van der Waals surface area contributed by atoms with E-state index in [9.17, 15) is 8.78 Å². The van der Waals surface area contributed by atoms with Gasteiger partial charge >= 0.3 is 0 Å². The van der Waals surface area contributed by atoms with E-state index in [0.717, 1.165) is 5.69 Å². The molecule has 122 valence electrons. The zero-order valence-corrected chi connectivity index (χ0v) is 13.4. The third-order valence-corrected chi connectivity index (χ3v) is 3.44. The van der Waals surface area contributed by atoms with Crippen LogP contribution in [0.1, 0.15) is 5.69 Å². The molecule has 3 aromatic rings. The van der Waals surface area contributed by atoms with Crippen molar-refractivity contribution >= 4 is 34.7 Å². The molecule has 7 heteroatoms. The largest absolute Gasteiger partial charge is 0.340 e. The second-order valence-corrected chi connectivity index (χ2v) is 5.51. The van der Waals surface area contributed by atoms with Crippen LogP contribution in [0.4, 0.5) is 31.9 Å². The van der Waals surface area contributed by atoms with Gasteiger partial charge in [0, 0.05) is 23.1 Å². The molecule has 0 atom stereocenters. The molecule has 0 saturated carbocycles. The maximum atomic E-state index is 13.2. The average Bonchev–Trinajstić information content (AvgIpc) is 2.53. The maximum Gasteiger partial charge on any atom is 0.229 e. The average molecular weight is 347 g/mol. The maximum absolute atomic E-state index is 13.2. The fraction of sp³-hybridized carbons (Fsp3) is 0.0588. The highest BCUT2D eigenvalue weighted by Gasteiger charge is 2.06. The van der Waals surface area contributed by atoms with Crippen molar-refractivity contribution in [3.63, 3.8) is 0 Å². The molecule has 0 aliphatic heterocycles. The van der Waals surface area contributed by atoms with Gasteiger partial charge in [-0.15, -0.1) is 0 Å². The molecule has 1 heterocycles. The SMILES string of the molecule is Cc1cc(Nc2ccc(F)c(Cl)c2)nc(Nc2ccc(F)cc2)n1. The Bertz CT molecular complexity index is 869. The molecule has 1 aromatic heterocycles. The summed E-state index contributed by atoms with van der Waals surface area (Å²) in [6.45, 7) is 1.82. The number of nitrogens with one attached hydrogen (secondary N) is 2. The Balaban J connectivity index is 1.82. The van der Waals surface area contributed by atoms with Crippen LogP contribution < -0.4 is 10.6 Å². The number of nitrogens with zero attached hydrogens (tertiary/aromatic N) is 2. The van der Waals surface area contributed by atoms with Crippen molar-refractivity contribution < 1.29 is 8.78 Å². The first kappa shape index (κ1) is 16.1. The van der Waals surface area contributed by atoms with E-state index < -0.39 is 5.82 Å². The Morgan fingerprint density at radius 3 is 2.29 bits per heavy atom. The number of hydrogen-bond acceptors (Lipinski definition) is 4. The minimum Gasteiger partial charge on any atom is -0.340 e. The van der Waals surface area contributed by atoms with E-state index in [1.54, 1.807) is 24.3 Å². The zero-order valence-electron chi connectivity index (χ0n) is 12.6. The highest BCUT2D eigenvalue weighted by molar-refractivity contribution is 6.31. The molecule has 2 aromatic carbocycles. The predicted molar refractivity (Wildman–Crippen MR) is 91.1 cm³/mol. The molecule has 0 aliphatic carbocycles. The summed E-state index contributed by atoms with van der Waals surface area (Å²) in [5.74, 6) is 0.0770. The van der Waals surface area contributed by atoms with Crippen LogP contribution in [0.2, 0.25) is 5.02 Å². The number of halogens is 3. The number of hydrogen-bond donors (Lipinski definition) is 2. The summed E-state index contributed by atoms with van der Waals surface area (Å²) in [5.41, 5.74) is 2.00. The van der Waals surface area contributed by atoms with Crippen molar-refractivity contribution in [1.29, 1.82) is 0 Å². The minimum atomic E-state index is -0.486. The van der Waals surface area contributed by atoms with Crippen molar-refractivity contribution in [2.24, 2.45) is 0 Å². The van der Waals surface area contributed by atoms with Crippen LogP contribution in [0.3, 0.4) is 0 Å². The highest BCUT2D eigenvalue weighted by Crippen LogP contribution is 2.23. The van der Waals surface area contributed by atoms with Crippen molar-refractivity contribution in [2.45, 2.75) is 6.92 Å². The molecular formula is C17H13ClF2N4. The fourth-order valence-corrected chi connectivity index (χ4v) is 2.25. The smallest absolute Gasteiger partial charge is 0.229 e. The van der Waals surface area contributed by atoms with Crippen LogP contribution in [-0.2, 0) is 0 Å². The normalized spacial score (nSPS) is 10.5. The number of rotatable bonds is 4. The molecule has 4 nitrogen and oxygen atoms in total. The lowest BCUT2D eigenvalue weighted by Gasteiger charge is -2.10. The third-order valence-electron chi connectivity index (χ3n) is 3.15. The molecule has 0 saturated heterocycles. The lowest BCUT2D eigenvalue weighted by molar-refractivity contribution is 0.628. The van der Waals surface area contributed by atoms with Crippen molar-refractivity contribution in [3.05, 3.63) is 70.9 Å².